The van der Waals surface area contributed by atoms with Gasteiger partial charge in [-0.1, -0.05) is 23.7 Å². The van der Waals surface area contributed by atoms with Gasteiger partial charge >= 0.3 is 0 Å². The Kier molecular flexibility index (Phi) is 5.65. The van der Waals surface area contributed by atoms with E-state index in [0.29, 0.717) is 41.6 Å². The van der Waals surface area contributed by atoms with Crippen LogP contribution in [0.2, 0.25) is 5.02 Å². The molecule has 29 heavy (non-hydrogen) atoms. The second-order valence-electron chi connectivity index (χ2n) is 6.76. The number of amides is 2. The summed E-state index contributed by atoms with van der Waals surface area (Å²) in [6.07, 6.45) is 0. The van der Waals surface area contributed by atoms with E-state index >= 15 is 0 Å². The molecule has 0 unspecified atom stereocenters. The molecule has 0 atom stereocenters. The third kappa shape index (κ3) is 4.33. The number of thiophene rings is 1. The van der Waals surface area contributed by atoms with E-state index in [1.165, 1.54) is 35.6 Å². The Morgan fingerprint density at radius 2 is 1.38 bits per heavy atom. The van der Waals surface area contributed by atoms with Gasteiger partial charge in [0, 0.05) is 41.6 Å². The van der Waals surface area contributed by atoms with Crippen molar-refractivity contribution in [1.82, 2.24) is 9.80 Å². The van der Waals surface area contributed by atoms with Crippen molar-refractivity contribution in [1.29, 1.82) is 0 Å². The molecule has 2 amide bonds. The van der Waals surface area contributed by atoms with E-state index < -0.39 is 0 Å². The first-order valence-electron chi connectivity index (χ1n) is 9.21. The summed E-state index contributed by atoms with van der Waals surface area (Å²) in [6, 6.07) is 16.8. The average Bonchev–Trinajstić information content (AvgIpc) is 3.24. The van der Waals surface area contributed by atoms with Gasteiger partial charge in [0.05, 0.1) is 4.88 Å². The number of rotatable bonds is 3. The number of piperazine rings is 1. The maximum atomic E-state index is 13.0. The molecule has 2 aromatic carbocycles. The van der Waals surface area contributed by atoms with Crippen molar-refractivity contribution in [2.24, 2.45) is 0 Å². The summed E-state index contributed by atoms with van der Waals surface area (Å²) in [5, 5.41) is 0.676. The van der Waals surface area contributed by atoms with Crippen molar-refractivity contribution in [2.45, 2.75) is 0 Å². The molecule has 0 spiro atoms. The third-order valence-electron chi connectivity index (χ3n) is 4.89. The van der Waals surface area contributed by atoms with Crippen LogP contribution in [0.25, 0.3) is 10.4 Å². The smallest absolute Gasteiger partial charge is 0.264 e. The first kappa shape index (κ1) is 19.6. The lowest BCUT2D eigenvalue weighted by atomic mass is 10.1. The van der Waals surface area contributed by atoms with Crippen molar-refractivity contribution < 1.29 is 14.0 Å². The highest BCUT2D eigenvalue weighted by molar-refractivity contribution is 7.17. The summed E-state index contributed by atoms with van der Waals surface area (Å²) >= 11 is 7.38. The van der Waals surface area contributed by atoms with Gasteiger partial charge in [-0.2, -0.15) is 0 Å². The molecular formula is C22H18ClFN2O2S. The first-order chi connectivity index (χ1) is 14.0. The van der Waals surface area contributed by atoms with E-state index in [2.05, 4.69) is 0 Å². The van der Waals surface area contributed by atoms with Gasteiger partial charge in [0.25, 0.3) is 11.8 Å². The lowest BCUT2D eigenvalue weighted by Gasteiger charge is -2.34. The van der Waals surface area contributed by atoms with Crippen LogP contribution in [-0.2, 0) is 0 Å². The molecule has 1 aromatic heterocycles. The number of benzene rings is 2. The second-order valence-corrected chi connectivity index (χ2v) is 8.28. The van der Waals surface area contributed by atoms with E-state index in [0.717, 1.165) is 10.4 Å². The highest BCUT2D eigenvalue weighted by Crippen LogP contribution is 2.30. The van der Waals surface area contributed by atoms with E-state index in [-0.39, 0.29) is 17.6 Å². The van der Waals surface area contributed by atoms with Gasteiger partial charge in [-0.3, -0.25) is 9.59 Å². The Hall–Kier alpha value is -2.70. The van der Waals surface area contributed by atoms with Crippen LogP contribution in [-0.4, -0.2) is 47.8 Å². The maximum absolute atomic E-state index is 13.0. The monoisotopic (exact) mass is 428 g/mol. The standard InChI is InChI=1S/C22H18ClFN2O2S/c23-17-5-1-15(2-6-17)19-9-10-20(29-19)22(28)26-13-11-25(12-14-26)21(27)16-3-7-18(24)8-4-16/h1-10H,11-14H2. The van der Waals surface area contributed by atoms with Gasteiger partial charge in [-0.25, -0.2) is 4.39 Å². The molecule has 1 aliphatic rings. The number of carbonyl (C=O) groups is 2. The predicted molar refractivity (Wildman–Crippen MR) is 113 cm³/mol. The summed E-state index contributed by atoms with van der Waals surface area (Å²) in [7, 11) is 0. The van der Waals surface area contributed by atoms with Gasteiger partial charge in [0.2, 0.25) is 0 Å². The molecule has 1 fully saturated rings. The van der Waals surface area contributed by atoms with Crippen molar-refractivity contribution in [3.8, 4) is 10.4 Å². The fraction of sp³-hybridized carbons (Fsp3) is 0.182. The van der Waals surface area contributed by atoms with Gasteiger partial charge in [-0.15, -0.1) is 11.3 Å². The quantitative estimate of drug-likeness (QED) is 0.601. The molecule has 1 aliphatic heterocycles. The molecule has 0 bridgehead atoms. The largest absolute Gasteiger partial charge is 0.335 e. The van der Waals surface area contributed by atoms with Gasteiger partial charge in [0.1, 0.15) is 5.82 Å². The molecular weight excluding hydrogens is 411 g/mol. The molecule has 0 saturated carbocycles. The molecule has 4 nitrogen and oxygen atoms in total. The highest BCUT2D eigenvalue weighted by Gasteiger charge is 2.26. The molecule has 0 radical (unpaired) electrons. The van der Waals surface area contributed by atoms with Crippen LogP contribution < -0.4 is 0 Å². The molecule has 0 N–H and O–H groups in total. The lowest BCUT2D eigenvalue weighted by molar-refractivity contribution is 0.0538. The normalized spacial score (nSPS) is 14.1. The summed E-state index contributed by atoms with van der Waals surface area (Å²) in [6.45, 7) is 1.86. The van der Waals surface area contributed by atoms with E-state index in [4.69, 9.17) is 11.6 Å². The first-order valence-corrected chi connectivity index (χ1v) is 10.4. The topological polar surface area (TPSA) is 40.6 Å². The molecule has 2 heterocycles. The average molecular weight is 429 g/mol. The van der Waals surface area contributed by atoms with Crippen LogP contribution in [0.3, 0.4) is 0 Å². The van der Waals surface area contributed by atoms with E-state index in [1.807, 2.05) is 36.4 Å². The van der Waals surface area contributed by atoms with Crippen molar-refractivity contribution in [3.63, 3.8) is 0 Å². The van der Waals surface area contributed by atoms with Gasteiger partial charge < -0.3 is 9.80 Å². The molecule has 0 aliphatic carbocycles. The summed E-state index contributed by atoms with van der Waals surface area (Å²) in [4.78, 5) is 30.5. The van der Waals surface area contributed by atoms with Crippen molar-refractivity contribution in [3.05, 3.63) is 81.9 Å². The summed E-state index contributed by atoms with van der Waals surface area (Å²) in [5.41, 5.74) is 1.48. The number of hydrogen-bond donors (Lipinski definition) is 0. The van der Waals surface area contributed by atoms with E-state index in [1.54, 1.807) is 9.80 Å². The second kappa shape index (κ2) is 8.35. The van der Waals surface area contributed by atoms with Crippen LogP contribution in [0.4, 0.5) is 4.39 Å². The number of halogens is 2. The Labute approximate surface area is 177 Å². The minimum absolute atomic E-state index is 0.0240. The zero-order valence-electron chi connectivity index (χ0n) is 15.5. The Morgan fingerprint density at radius 3 is 2.00 bits per heavy atom. The minimum atomic E-state index is -0.370. The van der Waals surface area contributed by atoms with Crippen molar-refractivity contribution in [2.75, 3.05) is 26.2 Å². The molecule has 1 saturated heterocycles. The number of hydrogen-bond acceptors (Lipinski definition) is 3. The van der Waals surface area contributed by atoms with Gasteiger partial charge in [-0.05, 0) is 54.1 Å². The number of nitrogens with zero attached hydrogens (tertiary/aromatic N) is 2. The Balaban J connectivity index is 1.38. The van der Waals surface area contributed by atoms with Gasteiger partial charge in [0.15, 0.2) is 0 Å². The lowest BCUT2D eigenvalue weighted by Crippen LogP contribution is -2.50. The third-order valence-corrected chi connectivity index (χ3v) is 6.27. The minimum Gasteiger partial charge on any atom is -0.335 e. The van der Waals surface area contributed by atoms with Crippen LogP contribution in [0.5, 0.6) is 0 Å². The zero-order chi connectivity index (χ0) is 20.4. The SMILES string of the molecule is O=C(c1ccc(F)cc1)N1CCN(C(=O)c2ccc(-c3ccc(Cl)cc3)s2)CC1. The molecule has 148 valence electrons. The van der Waals surface area contributed by atoms with Crippen molar-refractivity contribution >= 4 is 34.8 Å². The highest BCUT2D eigenvalue weighted by atomic mass is 35.5. The summed E-state index contributed by atoms with van der Waals surface area (Å²) in [5.74, 6) is -0.534. The maximum Gasteiger partial charge on any atom is 0.264 e. The fourth-order valence-electron chi connectivity index (χ4n) is 3.27. The zero-order valence-corrected chi connectivity index (χ0v) is 17.0. The van der Waals surface area contributed by atoms with E-state index in [9.17, 15) is 14.0 Å². The fourth-order valence-corrected chi connectivity index (χ4v) is 4.37. The summed E-state index contributed by atoms with van der Waals surface area (Å²) < 4.78 is 13.0. The Morgan fingerprint density at radius 1 is 0.793 bits per heavy atom. The molecule has 4 rings (SSSR count). The molecule has 7 heteroatoms. The van der Waals surface area contributed by atoms with Crippen LogP contribution in [0.1, 0.15) is 20.0 Å². The van der Waals surface area contributed by atoms with Crippen LogP contribution >= 0.6 is 22.9 Å². The number of carbonyl (C=O) groups excluding carboxylic acids is 2. The van der Waals surface area contributed by atoms with Crippen LogP contribution in [0, 0.1) is 5.82 Å². The van der Waals surface area contributed by atoms with Crippen LogP contribution in [0.15, 0.2) is 60.7 Å². The predicted octanol–water partition coefficient (Wildman–Crippen LogP) is 4.81. The molecule has 3 aromatic rings. The Bertz CT molecular complexity index is 1030.